The normalized spacial score (nSPS) is 34.7. The van der Waals surface area contributed by atoms with Crippen LogP contribution in [0.4, 0.5) is 0 Å². The molecule has 150 valence electrons. The average molecular weight is 393 g/mol. The van der Waals surface area contributed by atoms with Crippen molar-refractivity contribution < 1.29 is 9.53 Å². The molecule has 3 aliphatic rings. The number of nitrogens with one attached hydrogen (secondary N) is 1. The second-order valence-electron chi connectivity index (χ2n) is 8.85. The second kappa shape index (κ2) is 8.40. The molecule has 3 saturated carbocycles. The molecule has 1 amide bonds. The molecule has 0 radical (unpaired) electrons. The Labute approximate surface area is 169 Å². The number of benzene rings is 1. The number of hydrogen-bond acceptors (Lipinski definition) is 3. The molecule has 5 heteroatoms. The van der Waals surface area contributed by atoms with Crippen molar-refractivity contribution in [3.05, 3.63) is 29.8 Å². The standard InChI is InChI=1S/C22H32N2O2.ClH/c1-26-20-4-2-3-15(12-20)13-22(14-16-5-6-17(22)11-16)21(25)24-19-9-7-18(23)8-10-19;/h2-4,12,16-19H,5-11,13-14,23H2,1H3,(H,24,25);1H. The lowest BCUT2D eigenvalue weighted by Crippen LogP contribution is -2.50. The molecule has 3 aliphatic carbocycles. The van der Waals surface area contributed by atoms with Gasteiger partial charge in [0.05, 0.1) is 12.5 Å². The summed E-state index contributed by atoms with van der Waals surface area (Å²) in [4.78, 5) is 13.5. The molecule has 4 nitrogen and oxygen atoms in total. The Morgan fingerprint density at radius 2 is 2.00 bits per heavy atom. The Hall–Kier alpha value is -1.26. The van der Waals surface area contributed by atoms with Crippen LogP contribution >= 0.6 is 12.4 Å². The molecule has 1 aromatic rings. The largest absolute Gasteiger partial charge is 0.497 e. The Morgan fingerprint density at radius 1 is 1.22 bits per heavy atom. The van der Waals surface area contributed by atoms with Gasteiger partial charge in [-0.3, -0.25) is 4.79 Å². The van der Waals surface area contributed by atoms with Crippen LogP contribution in [0.5, 0.6) is 5.75 Å². The number of fused-ring (bicyclic) bond motifs is 2. The van der Waals surface area contributed by atoms with Crippen molar-refractivity contribution in [1.29, 1.82) is 0 Å². The van der Waals surface area contributed by atoms with Crippen molar-refractivity contribution in [3.63, 3.8) is 0 Å². The summed E-state index contributed by atoms with van der Waals surface area (Å²) >= 11 is 0. The maximum Gasteiger partial charge on any atom is 0.227 e. The van der Waals surface area contributed by atoms with Crippen LogP contribution in [0.15, 0.2) is 24.3 Å². The first kappa shape index (κ1) is 20.5. The molecule has 2 bridgehead atoms. The molecule has 0 aliphatic heterocycles. The van der Waals surface area contributed by atoms with Crippen molar-refractivity contribution in [2.75, 3.05) is 7.11 Å². The molecule has 3 unspecified atom stereocenters. The molecule has 0 spiro atoms. The minimum Gasteiger partial charge on any atom is -0.497 e. The number of hydrogen-bond donors (Lipinski definition) is 2. The summed E-state index contributed by atoms with van der Waals surface area (Å²) in [7, 11) is 1.70. The van der Waals surface area contributed by atoms with Crippen molar-refractivity contribution in [1.82, 2.24) is 5.32 Å². The van der Waals surface area contributed by atoms with Gasteiger partial charge in [0.25, 0.3) is 0 Å². The number of amides is 1. The fourth-order valence-corrected chi connectivity index (χ4v) is 5.76. The summed E-state index contributed by atoms with van der Waals surface area (Å²) in [6.45, 7) is 0. The zero-order valence-corrected chi connectivity index (χ0v) is 17.1. The van der Waals surface area contributed by atoms with Crippen molar-refractivity contribution >= 4 is 18.3 Å². The van der Waals surface area contributed by atoms with Gasteiger partial charge in [-0.05, 0) is 80.9 Å². The van der Waals surface area contributed by atoms with Crippen molar-refractivity contribution in [3.8, 4) is 5.75 Å². The molecule has 3 N–H and O–H groups in total. The van der Waals surface area contributed by atoms with E-state index in [0.29, 0.717) is 23.9 Å². The minimum atomic E-state index is -0.227. The maximum absolute atomic E-state index is 13.5. The summed E-state index contributed by atoms with van der Waals surface area (Å²) in [6, 6.07) is 8.88. The second-order valence-corrected chi connectivity index (χ2v) is 8.85. The van der Waals surface area contributed by atoms with Gasteiger partial charge < -0.3 is 15.8 Å². The molecule has 0 heterocycles. The lowest BCUT2D eigenvalue weighted by atomic mass is 9.68. The fraction of sp³-hybridized carbons (Fsp3) is 0.682. The Morgan fingerprint density at radius 3 is 2.63 bits per heavy atom. The number of nitrogens with two attached hydrogens (primary N) is 1. The van der Waals surface area contributed by atoms with Crippen LogP contribution < -0.4 is 15.8 Å². The Kier molecular flexibility index (Phi) is 6.37. The van der Waals surface area contributed by atoms with E-state index >= 15 is 0 Å². The van der Waals surface area contributed by atoms with Gasteiger partial charge in [-0.1, -0.05) is 18.6 Å². The van der Waals surface area contributed by atoms with E-state index in [0.717, 1.165) is 50.2 Å². The molecular formula is C22H33ClN2O2. The highest BCUT2D eigenvalue weighted by Gasteiger charge is 2.55. The molecular weight excluding hydrogens is 360 g/mol. The average Bonchev–Trinajstić information content (AvgIpc) is 3.25. The first-order valence-corrected chi connectivity index (χ1v) is 10.3. The van der Waals surface area contributed by atoms with Gasteiger partial charge in [0.1, 0.15) is 5.75 Å². The van der Waals surface area contributed by atoms with E-state index in [9.17, 15) is 4.79 Å². The highest BCUT2D eigenvalue weighted by Crippen LogP contribution is 2.57. The van der Waals surface area contributed by atoms with E-state index < -0.39 is 0 Å². The smallest absolute Gasteiger partial charge is 0.227 e. The van der Waals surface area contributed by atoms with Gasteiger partial charge in [0, 0.05) is 12.1 Å². The topological polar surface area (TPSA) is 64.3 Å². The quantitative estimate of drug-likeness (QED) is 0.799. The Bertz CT molecular complexity index is 659. The van der Waals surface area contributed by atoms with Crippen LogP contribution in [-0.4, -0.2) is 25.1 Å². The predicted octanol–water partition coefficient (Wildman–Crippen LogP) is 3.85. The zero-order chi connectivity index (χ0) is 18.1. The number of carbonyl (C=O) groups is 1. The zero-order valence-electron chi connectivity index (χ0n) is 16.3. The van der Waals surface area contributed by atoms with E-state index in [-0.39, 0.29) is 17.8 Å². The number of carbonyl (C=O) groups excluding carboxylic acids is 1. The van der Waals surface area contributed by atoms with Gasteiger partial charge in [0.2, 0.25) is 5.91 Å². The molecule has 3 fully saturated rings. The summed E-state index contributed by atoms with van der Waals surface area (Å²) in [5, 5.41) is 3.43. The van der Waals surface area contributed by atoms with Crippen molar-refractivity contribution in [2.45, 2.75) is 69.9 Å². The van der Waals surface area contributed by atoms with Gasteiger partial charge in [-0.15, -0.1) is 12.4 Å². The monoisotopic (exact) mass is 392 g/mol. The molecule has 0 aromatic heterocycles. The van der Waals surface area contributed by atoms with Crippen LogP contribution in [0.25, 0.3) is 0 Å². The van der Waals surface area contributed by atoms with E-state index in [1.807, 2.05) is 12.1 Å². The Balaban J connectivity index is 0.00000210. The van der Waals surface area contributed by atoms with Crippen LogP contribution in [0.2, 0.25) is 0 Å². The third-order valence-electron chi connectivity index (χ3n) is 7.19. The van der Waals surface area contributed by atoms with E-state index in [1.54, 1.807) is 7.11 Å². The molecule has 4 rings (SSSR count). The molecule has 1 aromatic carbocycles. The minimum absolute atomic E-state index is 0. The van der Waals surface area contributed by atoms with Crippen molar-refractivity contribution in [2.24, 2.45) is 23.0 Å². The van der Waals surface area contributed by atoms with E-state index in [1.165, 1.54) is 24.8 Å². The predicted molar refractivity (Wildman–Crippen MR) is 110 cm³/mol. The number of ether oxygens (including phenoxy) is 1. The highest BCUT2D eigenvalue weighted by atomic mass is 35.5. The summed E-state index contributed by atoms with van der Waals surface area (Å²) in [5.41, 5.74) is 7.02. The summed E-state index contributed by atoms with van der Waals surface area (Å²) in [6.07, 6.45) is 9.73. The third kappa shape index (κ3) is 4.12. The summed E-state index contributed by atoms with van der Waals surface area (Å²) in [5.74, 6) is 2.44. The van der Waals surface area contributed by atoms with Gasteiger partial charge in [0.15, 0.2) is 0 Å². The van der Waals surface area contributed by atoms with Crippen LogP contribution in [-0.2, 0) is 11.2 Å². The van der Waals surface area contributed by atoms with Gasteiger partial charge >= 0.3 is 0 Å². The van der Waals surface area contributed by atoms with E-state index in [2.05, 4.69) is 17.4 Å². The number of rotatable bonds is 5. The van der Waals surface area contributed by atoms with Gasteiger partial charge in [-0.25, -0.2) is 0 Å². The SMILES string of the molecule is COc1cccc(CC2(C(=O)NC3CCC(N)CC3)CC3CCC2C3)c1.Cl. The number of halogens is 1. The van der Waals surface area contributed by atoms with E-state index in [4.69, 9.17) is 10.5 Å². The van der Waals surface area contributed by atoms with Crippen LogP contribution in [0.3, 0.4) is 0 Å². The van der Waals surface area contributed by atoms with Crippen LogP contribution in [0, 0.1) is 17.3 Å². The first-order valence-electron chi connectivity index (χ1n) is 10.3. The number of methoxy groups -OCH3 is 1. The maximum atomic E-state index is 13.5. The third-order valence-corrected chi connectivity index (χ3v) is 7.19. The van der Waals surface area contributed by atoms with Gasteiger partial charge in [-0.2, -0.15) is 0 Å². The fourth-order valence-electron chi connectivity index (χ4n) is 5.76. The summed E-state index contributed by atoms with van der Waals surface area (Å²) < 4.78 is 5.39. The molecule has 0 saturated heterocycles. The first-order chi connectivity index (χ1) is 12.6. The highest BCUT2D eigenvalue weighted by molar-refractivity contribution is 5.85. The molecule has 3 atom stereocenters. The van der Waals surface area contributed by atoms with Crippen LogP contribution in [0.1, 0.15) is 56.9 Å². The lowest BCUT2D eigenvalue weighted by Gasteiger charge is -2.39. The molecule has 27 heavy (non-hydrogen) atoms. The lowest BCUT2D eigenvalue weighted by molar-refractivity contribution is -0.135.